The van der Waals surface area contributed by atoms with Crippen LogP contribution >= 0.6 is 0 Å². The number of aliphatic hydroxyl groups is 1. The van der Waals surface area contributed by atoms with E-state index in [1.807, 2.05) is 6.92 Å². The quantitative estimate of drug-likeness (QED) is 0.682. The van der Waals surface area contributed by atoms with Crippen LogP contribution < -0.4 is 15.8 Å². The van der Waals surface area contributed by atoms with Gasteiger partial charge in [-0.15, -0.1) is 0 Å². The van der Waals surface area contributed by atoms with Crippen LogP contribution in [-0.2, 0) is 0 Å². The van der Waals surface area contributed by atoms with Gasteiger partial charge in [0.1, 0.15) is 5.75 Å². The van der Waals surface area contributed by atoms with Gasteiger partial charge in [0.2, 0.25) is 0 Å². The fourth-order valence-electron chi connectivity index (χ4n) is 1.85. The van der Waals surface area contributed by atoms with Gasteiger partial charge in [-0.05, 0) is 31.5 Å². The van der Waals surface area contributed by atoms with Gasteiger partial charge < -0.3 is 20.9 Å². The second kappa shape index (κ2) is 6.43. The molecule has 1 unspecified atom stereocenters. The number of hydrogen-bond acceptors (Lipinski definition) is 4. The predicted molar refractivity (Wildman–Crippen MR) is 75.3 cm³/mol. The maximum atomic E-state index is 12.0. The summed E-state index contributed by atoms with van der Waals surface area (Å²) in [6.07, 6.45) is 1.48. The molecular weight excluding hydrogens is 244 g/mol. The van der Waals surface area contributed by atoms with E-state index in [1.54, 1.807) is 25.1 Å². The van der Waals surface area contributed by atoms with Crippen LogP contribution in [0.4, 0.5) is 5.69 Å². The number of carbonyl (C=O) groups is 1. The van der Waals surface area contributed by atoms with Crippen molar-refractivity contribution in [1.29, 1.82) is 0 Å². The Morgan fingerprint density at radius 3 is 2.79 bits per heavy atom. The lowest BCUT2D eigenvalue weighted by atomic mass is 10.0. The van der Waals surface area contributed by atoms with Crippen LogP contribution in [0.25, 0.3) is 0 Å². The average molecular weight is 266 g/mol. The Morgan fingerprint density at radius 1 is 1.53 bits per heavy atom. The lowest BCUT2D eigenvalue weighted by Crippen LogP contribution is -2.40. The molecule has 0 aromatic heterocycles. The average Bonchev–Trinajstić information content (AvgIpc) is 2.36. The fraction of sp³-hybridized carbons (Fsp3) is 0.500. The minimum Gasteiger partial charge on any atom is -0.497 e. The molecule has 0 spiro atoms. The smallest absolute Gasteiger partial charge is 0.253 e. The van der Waals surface area contributed by atoms with Gasteiger partial charge in [0, 0.05) is 12.2 Å². The summed E-state index contributed by atoms with van der Waals surface area (Å²) in [7, 11) is 1.53. The zero-order valence-electron chi connectivity index (χ0n) is 11.7. The Labute approximate surface area is 113 Å². The molecule has 1 aromatic rings. The Balaban J connectivity index is 2.73. The molecule has 1 atom stereocenters. The number of nitrogen functional groups attached to an aromatic ring is 1. The summed E-state index contributed by atoms with van der Waals surface area (Å²) in [5, 5.41) is 12.7. The SMILES string of the molecule is CCCC(C)(O)CNC(=O)c1cc(OC)ccc1N. The van der Waals surface area contributed by atoms with Gasteiger partial charge in [0.25, 0.3) is 5.91 Å². The van der Waals surface area contributed by atoms with Crippen LogP contribution in [-0.4, -0.2) is 30.3 Å². The molecule has 5 nitrogen and oxygen atoms in total. The van der Waals surface area contributed by atoms with Crippen molar-refractivity contribution in [2.75, 3.05) is 19.4 Å². The number of nitrogens with two attached hydrogens (primary N) is 1. The molecule has 0 saturated heterocycles. The Morgan fingerprint density at radius 2 is 2.21 bits per heavy atom. The first-order chi connectivity index (χ1) is 8.89. The molecular formula is C14H22N2O3. The van der Waals surface area contributed by atoms with Crippen molar-refractivity contribution in [3.63, 3.8) is 0 Å². The molecule has 0 fully saturated rings. The fourth-order valence-corrected chi connectivity index (χ4v) is 1.85. The zero-order valence-corrected chi connectivity index (χ0v) is 11.7. The number of benzene rings is 1. The standard InChI is InChI=1S/C14H22N2O3/c1-4-7-14(2,18)9-16-13(17)11-8-10(19-3)5-6-12(11)15/h5-6,8,18H,4,7,9,15H2,1-3H3,(H,16,17). The van der Waals surface area contributed by atoms with E-state index in [1.165, 1.54) is 7.11 Å². The summed E-state index contributed by atoms with van der Waals surface area (Å²) >= 11 is 0. The Kier molecular flexibility index (Phi) is 5.18. The maximum absolute atomic E-state index is 12.0. The van der Waals surface area contributed by atoms with E-state index in [2.05, 4.69) is 5.32 Å². The van der Waals surface area contributed by atoms with Crippen molar-refractivity contribution in [1.82, 2.24) is 5.32 Å². The molecule has 1 amide bonds. The molecule has 4 N–H and O–H groups in total. The lowest BCUT2D eigenvalue weighted by molar-refractivity contribution is 0.0470. The number of amides is 1. The Bertz CT molecular complexity index is 444. The third-order valence-electron chi connectivity index (χ3n) is 2.92. The highest BCUT2D eigenvalue weighted by molar-refractivity contribution is 5.99. The molecule has 106 valence electrons. The van der Waals surface area contributed by atoms with Gasteiger partial charge in [0.15, 0.2) is 0 Å². The molecule has 0 bridgehead atoms. The first-order valence-corrected chi connectivity index (χ1v) is 6.33. The number of ether oxygens (including phenoxy) is 1. The van der Waals surface area contributed by atoms with Crippen molar-refractivity contribution in [2.24, 2.45) is 0 Å². The first kappa shape index (κ1) is 15.3. The molecule has 0 aliphatic carbocycles. The van der Waals surface area contributed by atoms with Crippen molar-refractivity contribution >= 4 is 11.6 Å². The Hall–Kier alpha value is -1.75. The summed E-state index contributed by atoms with van der Waals surface area (Å²) in [5.74, 6) is 0.257. The largest absolute Gasteiger partial charge is 0.497 e. The van der Waals surface area contributed by atoms with Gasteiger partial charge >= 0.3 is 0 Å². The molecule has 1 aromatic carbocycles. The highest BCUT2D eigenvalue weighted by atomic mass is 16.5. The number of rotatable bonds is 6. The number of methoxy groups -OCH3 is 1. The van der Waals surface area contributed by atoms with Crippen LogP contribution in [0.2, 0.25) is 0 Å². The van der Waals surface area contributed by atoms with E-state index in [-0.39, 0.29) is 12.5 Å². The summed E-state index contributed by atoms with van der Waals surface area (Å²) < 4.78 is 5.06. The molecule has 0 aliphatic heterocycles. The van der Waals surface area contributed by atoms with Crippen molar-refractivity contribution in [3.05, 3.63) is 23.8 Å². The first-order valence-electron chi connectivity index (χ1n) is 6.33. The molecule has 1 rings (SSSR count). The van der Waals surface area contributed by atoms with Gasteiger partial charge in [-0.2, -0.15) is 0 Å². The highest BCUT2D eigenvalue weighted by Gasteiger charge is 2.21. The maximum Gasteiger partial charge on any atom is 0.253 e. The topological polar surface area (TPSA) is 84.6 Å². The monoisotopic (exact) mass is 266 g/mol. The normalized spacial score (nSPS) is 13.7. The third-order valence-corrected chi connectivity index (χ3v) is 2.92. The van der Waals surface area contributed by atoms with Crippen LogP contribution in [0.5, 0.6) is 5.75 Å². The van der Waals surface area contributed by atoms with E-state index in [0.717, 1.165) is 6.42 Å². The van der Waals surface area contributed by atoms with E-state index in [4.69, 9.17) is 10.5 Å². The number of nitrogens with one attached hydrogen (secondary N) is 1. The molecule has 0 saturated carbocycles. The summed E-state index contributed by atoms with van der Waals surface area (Å²) in [5.41, 5.74) is 5.60. The third kappa shape index (κ3) is 4.44. The number of anilines is 1. The minimum absolute atomic E-state index is 0.191. The molecule has 19 heavy (non-hydrogen) atoms. The molecule has 0 aliphatic rings. The number of hydrogen-bond donors (Lipinski definition) is 3. The lowest BCUT2D eigenvalue weighted by Gasteiger charge is -2.23. The van der Waals surface area contributed by atoms with Crippen LogP contribution in [0.3, 0.4) is 0 Å². The molecule has 5 heteroatoms. The van der Waals surface area contributed by atoms with Gasteiger partial charge in [0.05, 0.1) is 18.3 Å². The minimum atomic E-state index is -0.905. The molecule has 0 radical (unpaired) electrons. The second-order valence-corrected chi connectivity index (χ2v) is 4.88. The summed E-state index contributed by atoms with van der Waals surface area (Å²) in [6, 6.07) is 4.90. The van der Waals surface area contributed by atoms with Gasteiger partial charge in [-0.3, -0.25) is 4.79 Å². The van der Waals surface area contributed by atoms with Gasteiger partial charge in [-0.25, -0.2) is 0 Å². The molecule has 0 heterocycles. The summed E-state index contributed by atoms with van der Waals surface area (Å²) in [6.45, 7) is 3.87. The number of carbonyl (C=O) groups excluding carboxylic acids is 1. The summed E-state index contributed by atoms with van der Waals surface area (Å²) in [4.78, 5) is 12.0. The second-order valence-electron chi connectivity index (χ2n) is 4.88. The van der Waals surface area contributed by atoms with Crippen LogP contribution in [0.1, 0.15) is 37.0 Å². The zero-order chi connectivity index (χ0) is 14.5. The van der Waals surface area contributed by atoms with Crippen molar-refractivity contribution in [3.8, 4) is 5.75 Å². The van der Waals surface area contributed by atoms with E-state index < -0.39 is 5.60 Å². The predicted octanol–water partition coefficient (Wildman–Crippen LogP) is 1.56. The van der Waals surface area contributed by atoms with Crippen molar-refractivity contribution < 1.29 is 14.6 Å². The van der Waals surface area contributed by atoms with Crippen LogP contribution in [0, 0.1) is 0 Å². The van der Waals surface area contributed by atoms with E-state index >= 15 is 0 Å². The van der Waals surface area contributed by atoms with Gasteiger partial charge in [-0.1, -0.05) is 13.3 Å². The van der Waals surface area contributed by atoms with E-state index in [9.17, 15) is 9.90 Å². The van der Waals surface area contributed by atoms with E-state index in [0.29, 0.717) is 23.4 Å². The highest BCUT2D eigenvalue weighted by Crippen LogP contribution is 2.19. The van der Waals surface area contributed by atoms with Crippen LogP contribution in [0.15, 0.2) is 18.2 Å². The van der Waals surface area contributed by atoms with Crippen molar-refractivity contribution in [2.45, 2.75) is 32.3 Å².